The Morgan fingerprint density at radius 3 is 2.64 bits per heavy atom. The number of hydrogen-bond acceptors (Lipinski definition) is 4. The fourth-order valence-electron chi connectivity index (χ4n) is 0.981. The van der Waals surface area contributed by atoms with E-state index < -0.39 is 6.10 Å². The summed E-state index contributed by atoms with van der Waals surface area (Å²) in [6, 6.07) is 0. The van der Waals surface area contributed by atoms with Crippen LogP contribution in [0.15, 0.2) is 0 Å². The van der Waals surface area contributed by atoms with Gasteiger partial charge < -0.3 is 20.3 Å². The SMILES string of the molecule is CCCCOCCCNC[C@H](O)CO. The minimum absolute atomic E-state index is 0.181. The Kier molecular flexibility index (Phi) is 10.8. The van der Waals surface area contributed by atoms with Gasteiger partial charge in [-0.15, -0.1) is 0 Å². The Labute approximate surface area is 86.3 Å². The second-order valence-electron chi connectivity index (χ2n) is 3.36. The molecule has 0 fully saturated rings. The molecule has 0 rings (SSSR count). The molecular formula is C10H23NO3. The van der Waals surface area contributed by atoms with Crippen LogP contribution >= 0.6 is 0 Å². The highest BCUT2D eigenvalue weighted by atomic mass is 16.5. The van der Waals surface area contributed by atoms with Gasteiger partial charge in [-0.1, -0.05) is 13.3 Å². The van der Waals surface area contributed by atoms with E-state index in [1.807, 2.05) is 0 Å². The van der Waals surface area contributed by atoms with E-state index in [1.165, 1.54) is 6.42 Å². The molecular weight excluding hydrogens is 182 g/mol. The highest BCUT2D eigenvalue weighted by molar-refractivity contribution is 4.56. The fraction of sp³-hybridized carbons (Fsp3) is 1.00. The lowest BCUT2D eigenvalue weighted by Gasteiger charge is -2.08. The number of hydrogen-bond donors (Lipinski definition) is 3. The van der Waals surface area contributed by atoms with Crippen LogP contribution in [0.1, 0.15) is 26.2 Å². The maximum Gasteiger partial charge on any atom is 0.0894 e. The molecule has 0 saturated carbocycles. The van der Waals surface area contributed by atoms with Gasteiger partial charge in [-0.3, -0.25) is 0 Å². The van der Waals surface area contributed by atoms with Crippen LogP contribution in [0.4, 0.5) is 0 Å². The van der Waals surface area contributed by atoms with E-state index in [-0.39, 0.29) is 6.61 Å². The van der Waals surface area contributed by atoms with Crippen LogP contribution in [0.25, 0.3) is 0 Å². The highest BCUT2D eigenvalue weighted by Crippen LogP contribution is 1.89. The third kappa shape index (κ3) is 9.92. The van der Waals surface area contributed by atoms with Gasteiger partial charge in [0.05, 0.1) is 12.7 Å². The molecule has 0 heterocycles. The van der Waals surface area contributed by atoms with Crippen molar-refractivity contribution in [3.8, 4) is 0 Å². The second-order valence-corrected chi connectivity index (χ2v) is 3.36. The number of ether oxygens (including phenoxy) is 1. The number of aliphatic hydroxyl groups is 2. The van der Waals surface area contributed by atoms with Gasteiger partial charge in [-0.2, -0.15) is 0 Å². The molecule has 1 atom stereocenters. The Hall–Kier alpha value is -0.160. The molecule has 86 valence electrons. The van der Waals surface area contributed by atoms with Crippen LogP contribution in [0.2, 0.25) is 0 Å². The summed E-state index contributed by atoms with van der Waals surface area (Å²) < 4.78 is 5.36. The van der Waals surface area contributed by atoms with Gasteiger partial charge in [0.15, 0.2) is 0 Å². The Morgan fingerprint density at radius 1 is 1.29 bits per heavy atom. The first kappa shape index (κ1) is 13.8. The van der Waals surface area contributed by atoms with E-state index in [4.69, 9.17) is 14.9 Å². The summed E-state index contributed by atoms with van der Waals surface area (Å²) in [6.45, 7) is 4.84. The molecule has 4 nitrogen and oxygen atoms in total. The van der Waals surface area contributed by atoms with Crippen molar-refractivity contribution in [2.75, 3.05) is 32.9 Å². The van der Waals surface area contributed by atoms with Gasteiger partial charge >= 0.3 is 0 Å². The Morgan fingerprint density at radius 2 is 2.00 bits per heavy atom. The first-order valence-electron chi connectivity index (χ1n) is 5.38. The molecule has 0 saturated heterocycles. The lowest BCUT2D eigenvalue weighted by atomic mass is 10.3. The molecule has 0 aromatic heterocycles. The third-order valence-electron chi connectivity index (χ3n) is 1.88. The summed E-state index contributed by atoms with van der Waals surface area (Å²) in [5.74, 6) is 0. The molecule has 0 spiro atoms. The molecule has 0 aliphatic carbocycles. The summed E-state index contributed by atoms with van der Waals surface area (Å²) in [6.07, 6.45) is 2.59. The predicted molar refractivity (Wildman–Crippen MR) is 56.3 cm³/mol. The maximum atomic E-state index is 8.99. The van der Waals surface area contributed by atoms with Crippen molar-refractivity contribution < 1.29 is 14.9 Å². The van der Waals surface area contributed by atoms with Crippen molar-refractivity contribution in [3.63, 3.8) is 0 Å². The molecule has 0 radical (unpaired) electrons. The second kappa shape index (κ2) is 10.9. The summed E-state index contributed by atoms with van der Waals surface area (Å²) in [5, 5.41) is 20.5. The van der Waals surface area contributed by atoms with Gasteiger partial charge in [-0.05, 0) is 19.4 Å². The first-order valence-corrected chi connectivity index (χ1v) is 5.38. The summed E-state index contributed by atoms with van der Waals surface area (Å²) in [5.41, 5.74) is 0. The zero-order valence-corrected chi connectivity index (χ0v) is 9.04. The summed E-state index contributed by atoms with van der Waals surface area (Å²) in [4.78, 5) is 0. The van der Waals surface area contributed by atoms with E-state index in [0.29, 0.717) is 6.54 Å². The molecule has 3 N–H and O–H groups in total. The van der Waals surface area contributed by atoms with Gasteiger partial charge in [0, 0.05) is 19.8 Å². The van der Waals surface area contributed by atoms with Crippen LogP contribution in [0.5, 0.6) is 0 Å². The fourth-order valence-corrected chi connectivity index (χ4v) is 0.981. The number of aliphatic hydroxyl groups excluding tert-OH is 2. The normalized spacial score (nSPS) is 13.1. The lowest BCUT2D eigenvalue weighted by molar-refractivity contribution is 0.0924. The minimum Gasteiger partial charge on any atom is -0.394 e. The van der Waals surface area contributed by atoms with Crippen LogP contribution in [-0.4, -0.2) is 49.2 Å². The average Bonchev–Trinajstić information content (AvgIpc) is 2.21. The molecule has 0 aliphatic rings. The largest absolute Gasteiger partial charge is 0.394 e. The van der Waals surface area contributed by atoms with E-state index in [0.717, 1.165) is 32.6 Å². The monoisotopic (exact) mass is 205 g/mol. The molecule has 0 bridgehead atoms. The molecule has 14 heavy (non-hydrogen) atoms. The van der Waals surface area contributed by atoms with Crippen molar-refractivity contribution >= 4 is 0 Å². The van der Waals surface area contributed by atoms with Crippen LogP contribution < -0.4 is 5.32 Å². The maximum absolute atomic E-state index is 8.99. The van der Waals surface area contributed by atoms with E-state index in [9.17, 15) is 0 Å². The smallest absolute Gasteiger partial charge is 0.0894 e. The molecule has 0 unspecified atom stereocenters. The van der Waals surface area contributed by atoms with E-state index >= 15 is 0 Å². The van der Waals surface area contributed by atoms with Crippen molar-refractivity contribution in [1.29, 1.82) is 0 Å². The van der Waals surface area contributed by atoms with Crippen LogP contribution in [0.3, 0.4) is 0 Å². The van der Waals surface area contributed by atoms with Crippen LogP contribution in [-0.2, 0) is 4.74 Å². The summed E-state index contributed by atoms with van der Waals surface area (Å²) in [7, 11) is 0. The molecule has 0 aromatic rings. The van der Waals surface area contributed by atoms with Gasteiger partial charge in [-0.25, -0.2) is 0 Å². The summed E-state index contributed by atoms with van der Waals surface area (Å²) >= 11 is 0. The molecule has 4 heteroatoms. The standard InChI is InChI=1S/C10H23NO3/c1-2-3-6-14-7-4-5-11-8-10(13)9-12/h10-13H,2-9H2,1H3/t10-/m0/s1. The molecule has 0 aromatic carbocycles. The van der Waals surface area contributed by atoms with E-state index in [1.54, 1.807) is 0 Å². The van der Waals surface area contributed by atoms with Gasteiger partial charge in [0.25, 0.3) is 0 Å². The number of unbranched alkanes of at least 4 members (excludes halogenated alkanes) is 1. The number of rotatable bonds is 10. The average molecular weight is 205 g/mol. The molecule has 0 aliphatic heterocycles. The lowest BCUT2D eigenvalue weighted by Crippen LogP contribution is -2.30. The zero-order valence-electron chi connectivity index (χ0n) is 9.04. The van der Waals surface area contributed by atoms with Crippen molar-refractivity contribution in [2.24, 2.45) is 0 Å². The van der Waals surface area contributed by atoms with Crippen molar-refractivity contribution in [2.45, 2.75) is 32.3 Å². The predicted octanol–water partition coefficient (Wildman–Crippen LogP) is 0.136. The van der Waals surface area contributed by atoms with Crippen LogP contribution in [0, 0.1) is 0 Å². The topological polar surface area (TPSA) is 61.7 Å². The minimum atomic E-state index is -0.643. The zero-order chi connectivity index (χ0) is 10.6. The Bertz CT molecular complexity index is 112. The molecule has 0 amide bonds. The van der Waals surface area contributed by atoms with Crippen molar-refractivity contribution in [3.05, 3.63) is 0 Å². The first-order chi connectivity index (χ1) is 6.81. The third-order valence-corrected chi connectivity index (χ3v) is 1.88. The van der Waals surface area contributed by atoms with Gasteiger partial charge in [0.2, 0.25) is 0 Å². The van der Waals surface area contributed by atoms with Crippen molar-refractivity contribution in [1.82, 2.24) is 5.32 Å². The van der Waals surface area contributed by atoms with E-state index in [2.05, 4.69) is 12.2 Å². The highest BCUT2D eigenvalue weighted by Gasteiger charge is 1.99. The van der Waals surface area contributed by atoms with Gasteiger partial charge in [0.1, 0.15) is 0 Å². The number of nitrogens with one attached hydrogen (secondary N) is 1. The quantitative estimate of drug-likeness (QED) is 0.444. The Balaban J connectivity index is 2.92.